The highest BCUT2D eigenvalue weighted by Gasteiger charge is 2.25. The van der Waals surface area contributed by atoms with Crippen LogP contribution in [0.1, 0.15) is 20.3 Å². The number of hydrogen-bond donors (Lipinski definition) is 0. The Hall–Kier alpha value is -1.66. The van der Waals surface area contributed by atoms with Crippen molar-refractivity contribution in [2.24, 2.45) is 5.92 Å². The van der Waals surface area contributed by atoms with Crippen molar-refractivity contribution in [3.63, 3.8) is 0 Å². The van der Waals surface area contributed by atoms with E-state index >= 15 is 0 Å². The first-order valence-electron chi connectivity index (χ1n) is 6.31. The molecule has 1 aliphatic heterocycles. The molecule has 1 heterocycles. The zero-order valence-corrected chi connectivity index (χ0v) is 12.4. The quantitative estimate of drug-likeness (QED) is 0.698. The first-order valence-corrected chi connectivity index (χ1v) is 7.12. The van der Waals surface area contributed by atoms with Gasteiger partial charge in [0.05, 0.1) is 23.4 Å². The Bertz CT molecular complexity index is 570. The normalized spacial score (nSPS) is 22.8. The van der Waals surface area contributed by atoms with Crippen molar-refractivity contribution < 1.29 is 0 Å². The Morgan fingerprint density at radius 1 is 1.63 bits per heavy atom. The Balaban J connectivity index is 2.35. The van der Waals surface area contributed by atoms with Gasteiger partial charge in [-0.2, -0.15) is 5.26 Å². The van der Waals surface area contributed by atoms with Gasteiger partial charge >= 0.3 is 0 Å². The molecule has 0 amide bonds. The lowest BCUT2D eigenvalue weighted by Crippen LogP contribution is -2.23. The number of likely N-dealkylation sites (N-methyl/N-ethyl adjacent to an activating group) is 1. The van der Waals surface area contributed by atoms with E-state index in [1.165, 1.54) is 21.2 Å². The molecule has 98 valence electrons. The van der Waals surface area contributed by atoms with Crippen molar-refractivity contribution in [3.05, 3.63) is 57.7 Å². The molecule has 2 nitrogen and oxygen atoms in total. The van der Waals surface area contributed by atoms with Crippen molar-refractivity contribution >= 4 is 11.8 Å². The third-order valence-corrected chi connectivity index (χ3v) is 4.29. The maximum atomic E-state index is 9.03. The SMILES string of the molecule is C=C(C)/C=C\C1=C(C)SC2=CC(C#N)CC=C2N1C. The summed E-state index contributed by atoms with van der Waals surface area (Å²) in [7, 11) is 2.08. The van der Waals surface area contributed by atoms with E-state index in [0.717, 1.165) is 12.0 Å². The van der Waals surface area contributed by atoms with Crippen molar-refractivity contribution in [1.82, 2.24) is 4.90 Å². The van der Waals surface area contributed by atoms with Crippen molar-refractivity contribution in [2.75, 3.05) is 7.05 Å². The number of allylic oxidation sites excluding steroid dienone is 6. The summed E-state index contributed by atoms with van der Waals surface area (Å²) in [5, 5.41) is 9.03. The monoisotopic (exact) mass is 270 g/mol. The lowest BCUT2D eigenvalue weighted by molar-refractivity contribution is 0.534. The van der Waals surface area contributed by atoms with E-state index in [2.05, 4.69) is 49.7 Å². The second-order valence-corrected chi connectivity index (χ2v) is 6.13. The minimum Gasteiger partial charge on any atom is -0.343 e. The number of hydrogen-bond acceptors (Lipinski definition) is 3. The standard InChI is InChI=1S/C16H18N2S/c1-11(2)5-7-14-12(3)19-16-9-13(10-17)6-8-15(16)18(14)4/h5,7-9,13H,1,6H2,2-4H3/b7-5-. The fourth-order valence-electron chi connectivity index (χ4n) is 2.19. The van der Waals surface area contributed by atoms with Crippen LogP contribution in [0.15, 0.2) is 57.7 Å². The van der Waals surface area contributed by atoms with E-state index in [9.17, 15) is 0 Å². The summed E-state index contributed by atoms with van der Waals surface area (Å²) in [6.07, 6.45) is 9.19. The number of thioether (sulfide) groups is 1. The molecule has 2 aliphatic rings. The van der Waals surface area contributed by atoms with E-state index in [1.807, 2.05) is 13.0 Å². The molecule has 0 radical (unpaired) electrons. The molecular formula is C16H18N2S. The maximum Gasteiger partial charge on any atom is 0.0701 e. The fraction of sp³-hybridized carbons (Fsp3) is 0.312. The molecule has 0 N–H and O–H groups in total. The summed E-state index contributed by atoms with van der Waals surface area (Å²) in [5.74, 6) is 0.0139. The summed E-state index contributed by atoms with van der Waals surface area (Å²) >= 11 is 1.75. The van der Waals surface area contributed by atoms with Crippen LogP contribution in [0.2, 0.25) is 0 Å². The molecule has 19 heavy (non-hydrogen) atoms. The highest BCUT2D eigenvalue weighted by molar-refractivity contribution is 8.07. The van der Waals surface area contributed by atoms with Gasteiger partial charge in [-0.3, -0.25) is 0 Å². The van der Waals surface area contributed by atoms with Crippen LogP contribution in [-0.2, 0) is 0 Å². The van der Waals surface area contributed by atoms with Crippen LogP contribution in [0.5, 0.6) is 0 Å². The molecule has 0 saturated carbocycles. The smallest absolute Gasteiger partial charge is 0.0701 e. The van der Waals surface area contributed by atoms with E-state index in [4.69, 9.17) is 5.26 Å². The first kappa shape index (κ1) is 13.8. The Morgan fingerprint density at radius 2 is 2.37 bits per heavy atom. The molecule has 0 aromatic heterocycles. The number of fused-ring (bicyclic) bond motifs is 1. The summed E-state index contributed by atoms with van der Waals surface area (Å²) in [6, 6.07) is 2.32. The zero-order chi connectivity index (χ0) is 14.0. The van der Waals surface area contributed by atoms with Crippen LogP contribution in [0, 0.1) is 17.2 Å². The minimum atomic E-state index is 0.0139. The van der Waals surface area contributed by atoms with Crippen molar-refractivity contribution in [1.29, 1.82) is 5.26 Å². The zero-order valence-electron chi connectivity index (χ0n) is 11.6. The molecule has 1 unspecified atom stereocenters. The highest BCUT2D eigenvalue weighted by atomic mass is 32.2. The molecule has 0 aromatic carbocycles. The molecule has 0 spiro atoms. The topological polar surface area (TPSA) is 27.0 Å². The van der Waals surface area contributed by atoms with Crippen LogP contribution in [0.4, 0.5) is 0 Å². The predicted octanol–water partition coefficient (Wildman–Crippen LogP) is 4.34. The van der Waals surface area contributed by atoms with Gasteiger partial charge in [-0.25, -0.2) is 0 Å². The van der Waals surface area contributed by atoms with Gasteiger partial charge in [-0.1, -0.05) is 42.1 Å². The molecule has 3 heteroatoms. The van der Waals surface area contributed by atoms with E-state index in [0.29, 0.717) is 0 Å². The largest absolute Gasteiger partial charge is 0.343 e. The Kier molecular flexibility index (Phi) is 4.01. The van der Waals surface area contributed by atoms with Crippen molar-refractivity contribution in [2.45, 2.75) is 20.3 Å². The van der Waals surface area contributed by atoms with Crippen LogP contribution >= 0.6 is 11.8 Å². The molecule has 2 rings (SSSR count). The Morgan fingerprint density at radius 3 is 3.00 bits per heavy atom. The lowest BCUT2D eigenvalue weighted by atomic mass is 10.00. The second-order valence-electron chi connectivity index (χ2n) is 4.87. The molecule has 0 bridgehead atoms. The van der Waals surface area contributed by atoms with Crippen LogP contribution < -0.4 is 0 Å². The van der Waals surface area contributed by atoms with Gasteiger partial charge in [-0.15, -0.1) is 0 Å². The van der Waals surface area contributed by atoms with E-state index < -0.39 is 0 Å². The van der Waals surface area contributed by atoms with E-state index in [1.54, 1.807) is 11.8 Å². The average molecular weight is 270 g/mol. The summed E-state index contributed by atoms with van der Waals surface area (Å²) < 4.78 is 0. The lowest BCUT2D eigenvalue weighted by Gasteiger charge is -2.34. The van der Waals surface area contributed by atoms with Gasteiger partial charge in [-0.05, 0) is 26.3 Å². The number of nitriles is 1. The highest BCUT2D eigenvalue weighted by Crippen LogP contribution is 2.44. The third-order valence-electron chi connectivity index (χ3n) is 3.21. The van der Waals surface area contributed by atoms with E-state index in [-0.39, 0.29) is 5.92 Å². The molecular weight excluding hydrogens is 252 g/mol. The average Bonchev–Trinajstić information content (AvgIpc) is 2.37. The van der Waals surface area contributed by atoms with Gasteiger partial charge in [0.25, 0.3) is 0 Å². The predicted molar refractivity (Wildman–Crippen MR) is 81.9 cm³/mol. The fourth-order valence-corrected chi connectivity index (χ4v) is 3.38. The number of rotatable bonds is 2. The van der Waals surface area contributed by atoms with Crippen LogP contribution in [-0.4, -0.2) is 11.9 Å². The molecule has 0 fully saturated rings. The molecule has 1 atom stereocenters. The third kappa shape index (κ3) is 2.85. The van der Waals surface area contributed by atoms with Gasteiger partial charge < -0.3 is 4.90 Å². The van der Waals surface area contributed by atoms with Gasteiger partial charge in [0.2, 0.25) is 0 Å². The van der Waals surface area contributed by atoms with Crippen molar-refractivity contribution in [3.8, 4) is 6.07 Å². The molecule has 0 saturated heterocycles. The van der Waals surface area contributed by atoms with Crippen LogP contribution in [0.25, 0.3) is 0 Å². The second kappa shape index (κ2) is 5.54. The molecule has 1 aliphatic carbocycles. The first-order chi connectivity index (χ1) is 9.02. The van der Waals surface area contributed by atoms with Gasteiger partial charge in [0, 0.05) is 16.9 Å². The Labute approximate surface area is 119 Å². The van der Waals surface area contributed by atoms with Gasteiger partial charge in [0.1, 0.15) is 0 Å². The van der Waals surface area contributed by atoms with Crippen LogP contribution in [0.3, 0.4) is 0 Å². The van der Waals surface area contributed by atoms with Gasteiger partial charge in [0.15, 0.2) is 0 Å². The maximum absolute atomic E-state index is 9.03. The summed E-state index contributed by atoms with van der Waals surface area (Å²) in [4.78, 5) is 4.65. The number of nitrogens with zero attached hydrogens (tertiary/aromatic N) is 2. The summed E-state index contributed by atoms with van der Waals surface area (Å²) in [6.45, 7) is 8.00. The summed E-state index contributed by atoms with van der Waals surface area (Å²) in [5.41, 5.74) is 3.46. The minimum absolute atomic E-state index is 0.0139. The molecule has 0 aromatic rings.